The summed E-state index contributed by atoms with van der Waals surface area (Å²) < 4.78 is 0. The van der Waals surface area contributed by atoms with Gasteiger partial charge in [-0.15, -0.1) is 0 Å². The highest BCUT2D eigenvalue weighted by Crippen LogP contribution is 2.39. The molecule has 35 heavy (non-hydrogen) atoms. The number of nitrogens with zero attached hydrogens (tertiary/aromatic N) is 1. The van der Waals surface area contributed by atoms with Crippen LogP contribution >= 0.6 is 0 Å². The van der Waals surface area contributed by atoms with Gasteiger partial charge in [-0.05, 0) is 97.5 Å². The predicted molar refractivity (Wildman–Crippen MR) is 149 cm³/mol. The van der Waals surface area contributed by atoms with Crippen LogP contribution in [0.4, 0.5) is 0 Å². The smallest absolute Gasteiger partial charge is 0.245 e. The third-order valence-electron chi connectivity index (χ3n) is 8.93. The van der Waals surface area contributed by atoms with Crippen LogP contribution in [0.1, 0.15) is 107 Å². The predicted octanol–water partition coefficient (Wildman–Crippen LogP) is 8.88. The van der Waals surface area contributed by atoms with Gasteiger partial charge in [-0.25, -0.2) is 0 Å². The second-order valence-corrected chi connectivity index (χ2v) is 11.1. The quantitative estimate of drug-likeness (QED) is 0.264. The van der Waals surface area contributed by atoms with Crippen molar-refractivity contribution >= 4 is 5.91 Å². The van der Waals surface area contributed by atoms with E-state index in [1.165, 1.54) is 79.7 Å². The number of hydrogen-bond acceptors (Lipinski definition) is 1. The summed E-state index contributed by atoms with van der Waals surface area (Å²) in [5.41, 5.74) is 5.61. The summed E-state index contributed by atoms with van der Waals surface area (Å²) in [5, 5.41) is 0. The molecule has 2 heteroatoms. The summed E-state index contributed by atoms with van der Waals surface area (Å²) in [4.78, 5) is 13.8. The molecule has 2 aromatic carbocycles. The number of hydrogen-bond donors (Lipinski definition) is 0. The fourth-order valence-electron chi connectivity index (χ4n) is 6.48. The lowest BCUT2D eigenvalue weighted by Gasteiger charge is -2.34. The molecule has 0 bridgehead atoms. The van der Waals surface area contributed by atoms with Crippen molar-refractivity contribution in [2.75, 3.05) is 7.05 Å². The lowest BCUT2D eigenvalue weighted by Crippen LogP contribution is -2.38. The molecule has 0 aliphatic heterocycles. The van der Waals surface area contributed by atoms with Gasteiger partial charge in [0.05, 0.1) is 0 Å². The third-order valence-corrected chi connectivity index (χ3v) is 8.93. The Kier molecular flexibility index (Phi) is 9.24. The van der Waals surface area contributed by atoms with Crippen molar-refractivity contribution in [1.29, 1.82) is 0 Å². The first-order chi connectivity index (χ1) is 17.1. The van der Waals surface area contributed by atoms with E-state index in [0.717, 1.165) is 37.5 Å². The molecular weight excluding hydrogens is 426 g/mol. The molecule has 2 nitrogen and oxygen atoms in total. The Morgan fingerprint density at radius 1 is 0.800 bits per heavy atom. The van der Waals surface area contributed by atoms with Crippen molar-refractivity contribution in [3.63, 3.8) is 0 Å². The van der Waals surface area contributed by atoms with Crippen molar-refractivity contribution in [3.8, 4) is 11.1 Å². The van der Waals surface area contributed by atoms with Crippen LogP contribution in [0, 0.1) is 5.92 Å². The zero-order valence-corrected chi connectivity index (χ0v) is 22.1. The maximum atomic E-state index is 11.9. The van der Waals surface area contributed by atoms with Crippen molar-refractivity contribution in [3.05, 3.63) is 72.3 Å². The lowest BCUT2D eigenvalue weighted by atomic mass is 9.77. The highest BCUT2D eigenvalue weighted by molar-refractivity contribution is 5.87. The minimum Gasteiger partial charge on any atom is -0.339 e. The van der Waals surface area contributed by atoms with Crippen molar-refractivity contribution in [2.45, 2.75) is 102 Å². The van der Waals surface area contributed by atoms with Crippen LogP contribution in [-0.2, 0) is 4.79 Å². The fourth-order valence-corrected chi connectivity index (χ4v) is 6.48. The van der Waals surface area contributed by atoms with E-state index >= 15 is 0 Å². The highest BCUT2D eigenvalue weighted by Gasteiger charge is 2.26. The average molecular weight is 472 g/mol. The molecule has 188 valence electrons. The standard InChI is InChI=1S/C33H45NO/c1-4-6-7-8-25-9-11-26(12-10-25)27-13-15-28(16-14-27)29-17-19-30(20-18-29)31-21-23-32(24-22-31)34(3)33(35)5-2/h5,13-20,25-26,31-32H,2,4,6-12,21-24H2,1,3H3. The van der Waals surface area contributed by atoms with Gasteiger partial charge in [-0.3, -0.25) is 4.79 Å². The number of carbonyl (C=O) groups excluding carboxylic acids is 1. The van der Waals surface area contributed by atoms with Crippen molar-refractivity contribution in [1.82, 2.24) is 4.90 Å². The zero-order valence-electron chi connectivity index (χ0n) is 22.1. The third kappa shape index (κ3) is 6.66. The van der Waals surface area contributed by atoms with Crippen molar-refractivity contribution in [2.24, 2.45) is 5.92 Å². The molecule has 0 saturated heterocycles. The molecule has 0 radical (unpaired) electrons. The molecule has 1 amide bonds. The molecule has 0 N–H and O–H groups in total. The van der Waals surface area contributed by atoms with Gasteiger partial charge in [0, 0.05) is 13.1 Å². The minimum atomic E-state index is 0.0407. The minimum absolute atomic E-state index is 0.0407. The monoisotopic (exact) mass is 471 g/mol. The molecule has 0 spiro atoms. The van der Waals surface area contributed by atoms with E-state index in [4.69, 9.17) is 0 Å². The molecule has 4 rings (SSSR count). The van der Waals surface area contributed by atoms with Crippen molar-refractivity contribution < 1.29 is 4.79 Å². The molecule has 2 aromatic rings. The second kappa shape index (κ2) is 12.6. The number of unbranched alkanes of at least 4 members (excludes halogenated alkanes) is 2. The van der Waals surface area contributed by atoms with E-state index in [2.05, 4.69) is 62.0 Å². The largest absolute Gasteiger partial charge is 0.339 e. The normalized spacial score (nSPS) is 24.6. The van der Waals surface area contributed by atoms with E-state index in [1.807, 2.05) is 11.9 Å². The first-order valence-corrected chi connectivity index (χ1v) is 14.2. The maximum absolute atomic E-state index is 11.9. The Bertz CT molecular complexity index is 928. The number of rotatable bonds is 9. The van der Waals surface area contributed by atoms with E-state index in [1.54, 1.807) is 0 Å². The van der Waals surface area contributed by atoms with E-state index in [-0.39, 0.29) is 5.91 Å². The number of likely N-dealkylation sites (N-methyl/N-ethyl adjacent to an activating group) is 1. The molecular formula is C33H45NO. The van der Waals surface area contributed by atoms with E-state index in [0.29, 0.717) is 12.0 Å². The summed E-state index contributed by atoms with van der Waals surface area (Å²) in [5.74, 6) is 2.37. The van der Waals surface area contributed by atoms with Gasteiger partial charge in [0.25, 0.3) is 0 Å². The van der Waals surface area contributed by atoms with E-state index in [9.17, 15) is 4.79 Å². The zero-order chi connectivity index (χ0) is 24.6. The Morgan fingerprint density at radius 3 is 1.74 bits per heavy atom. The Labute approximate surface area is 213 Å². The van der Waals surface area contributed by atoms with Crippen LogP contribution in [-0.4, -0.2) is 23.9 Å². The second-order valence-electron chi connectivity index (χ2n) is 11.1. The van der Waals surface area contributed by atoms with Crippen LogP contribution < -0.4 is 0 Å². The topological polar surface area (TPSA) is 20.3 Å². The molecule has 0 heterocycles. The van der Waals surface area contributed by atoms with E-state index < -0.39 is 0 Å². The van der Waals surface area contributed by atoms with Gasteiger partial charge in [-0.1, -0.05) is 87.7 Å². The van der Waals surface area contributed by atoms with Gasteiger partial charge in [0.15, 0.2) is 0 Å². The Balaban J connectivity index is 1.28. The van der Waals surface area contributed by atoms with Gasteiger partial charge >= 0.3 is 0 Å². The summed E-state index contributed by atoms with van der Waals surface area (Å²) >= 11 is 0. The molecule has 2 aliphatic rings. The molecule has 0 unspecified atom stereocenters. The summed E-state index contributed by atoms with van der Waals surface area (Å²) in [7, 11) is 1.91. The van der Waals surface area contributed by atoms with Gasteiger partial charge < -0.3 is 4.90 Å². The number of benzene rings is 2. The summed E-state index contributed by atoms with van der Waals surface area (Å²) in [6.07, 6.45) is 17.0. The van der Waals surface area contributed by atoms with Gasteiger partial charge in [-0.2, -0.15) is 0 Å². The Morgan fingerprint density at radius 2 is 1.29 bits per heavy atom. The summed E-state index contributed by atoms with van der Waals surface area (Å²) in [6, 6.07) is 19.0. The molecule has 0 aromatic heterocycles. The SMILES string of the molecule is C=CC(=O)N(C)C1CCC(c2ccc(-c3ccc(C4CCC(CCCCC)CC4)cc3)cc2)CC1. The van der Waals surface area contributed by atoms with Crippen LogP contribution in [0.25, 0.3) is 11.1 Å². The Hall–Kier alpha value is -2.35. The first kappa shape index (κ1) is 25.7. The fraction of sp³-hybridized carbons (Fsp3) is 0.545. The lowest BCUT2D eigenvalue weighted by molar-refractivity contribution is -0.127. The van der Waals surface area contributed by atoms with Gasteiger partial charge in [0.1, 0.15) is 0 Å². The molecule has 2 fully saturated rings. The van der Waals surface area contributed by atoms with Crippen LogP contribution in [0.3, 0.4) is 0 Å². The highest BCUT2D eigenvalue weighted by atomic mass is 16.2. The maximum Gasteiger partial charge on any atom is 0.245 e. The van der Waals surface area contributed by atoms with Crippen LogP contribution in [0.2, 0.25) is 0 Å². The molecule has 2 saturated carbocycles. The van der Waals surface area contributed by atoms with Crippen LogP contribution in [0.15, 0.2) is 61.2 Å². The summed E-state index contributed by atoms with van der Waals surface area (Å²) in [6.45, 7) is 5.93. The number of amides is 1. The number of carbonyl (C=O) groups is 1. The first-order valence-electron chi connectivity index (χ1n) is 14.2. The molecule has 0 atom stereocenters. The van der Waals surface area contributed by atoms with Crippen LogP contribution in [0.5, 0.6) is 0 Å². The molecule has 2 aliphatic carbocycles. The van der Waals surface area contributed by atoms with Gasteiger partial charge in [0.2, 0.25) is 5.91 Å². The average Bonchev–Trinajstić information content (AvgIpc) is 2.93.